The van der Waals surface area contributed by atoms with E-state index in [1.165, 1.54) is 26.4 Å². The molecular formula is C28H33FO6. The Hall–Kier alpha value is -3.29. The first kappa shape index (κ1) is 28.0. The quantitative estimate of drug-likeness (QED) is 0.224. The molecule has 1 N–H and O–H groups in total. The topological polar surface area (TPSA) is 82.1 Å². The molecule has 0 spiro atoms. The molecule has 1 atom stereocenters. The maximum Gasteiger partial charge on any atom is 0.234 e. The maximum atomic E-state index is 15.8. The molecule has 2 rings (SSSR count). The number of carbonyl (C=O) groups excluding carboxylic acids is 2. The Kier molecular flexibility index (Phi) is 10.8. The SMILES string of the molecule is CCCCC(F)(C(=O)/C=C/c1ccc(C)c(CO)c1)C(=O)/C=C/c1ccc(OCOC)c(OC)c1. The summed E-state index contributed by atoms with van der Waals surface area (Å²) < 4.78 is 31.4. The summed E-state index contributed by atoms with van der Waals surface area (Å²) >= 11 is 0. The first-order valence-corrected chi connectivity index (χ1v) is 11.4. The van der Waals surface area contributed by atoms with Gasteiger partial charge in [0.2, 0.25) is 17.2 Å². The van der Waals surface area contributed by atoms with Crippen LogP contribution in [0.3, 0.4) is 0 Å². The Balaban J connectivity index is 2.25. The normalized spacial score (nSPS) is 13.2. The van der Waals surface area contributed by atoms with E-state index < -0.39 is 17.2 Å². The summed E-state index contributed by atoms with van der Waals surface area (Å²) in [4.78, 5) is 25.7. The Morgan fingerprint density at radius 2 is 1.63 bits per heavy atom. The number of carbonyl (C=O) groups is 2. The van der Waals surface area contributed by atoms with Gasteiger partial charge in [-0.2, -0.15) is 0 Å². The number of benzene rings is 2. The predicted octanol–water partition coefficient (Wildman–Crippen LogP) is 5.24. The molecule has 2 aromatic carbocycles. The zero-order valence-electron chi connectivity index (χ0n) is 20.7. The van der Waals surface area contributed by atoms with Gasteiger partial charge < -0.3 is 19.3 Å². The van der Waals surface area contributed by atoms with Crippen LogP contribution in [-0.2, 0) is 20.9 Å². The molecule has 0 saturated carbocycles. The van der Waals surface area contributed by atoms with Crippen molar-refractivity contribution in [1.82, 2.24) is 0 Å². The molecule has 0 fully saturated rings. The van der Waals surface area contributed by atoms with Gasteiger partial charge in [-0.3, -0.25) is 9.59 Å². The van der Waals surface area contributed by atoms with E-state index in [2.05, 4.69) is 0 Å². The molecule has 188 valence electrons. The van der Waals surface area contributed by atoms with E-state index in [4.69, 9.17) is 14.2 Å². The summed E-state index contributed by atoms with van der Waals surface area (Å²) in [5.74, 6) is -0.943. The Bertz CT molecular complexity index is 1080. The Morgan fingerprint density at radius 3 is 2.20 bits per heavy atom. The number of aliphatic hydroxyl groups is 1. The third kappa shape index (κ3) is 7.60. The van der Waals surface area contributed by atoms with Crippen LogP contribution in [0.5, 0.6) is 11.5 Å². The number of ketones is 2. The summed E-state index contributed by atoms with van der Waals surface area (Å²) in [6, 6.07) is 10.3. The highest BCUT2D eigenvalue weighted by atomic mass is 19.1. The lowest BCUT2D eigenvalue weighted by atomic mass is 9.88. The minimum absolute atomic E-state index is 0.0470. The second-order valence-electron chi connectivity index (χ2n) is 8.11. The van der Waals surface area contributed by atoms with Gasteiger partial charge in [-0.1, -0.05) is 43.7 Å². The number of hydrogen-bond donors (Lipinski definition) is 1. The standard InChI is InChI=1S/C28H33FO6/c1-5-6-15-28(29,26(31)13-10-21-8-7-20(2)23(16-21)18-30)27(32)14-11-22-9-12-24(35-19-33-3)25(17-22)34-4/h7-14,16-17,30H,5-6,15,18-19H2,1-4H3/b13-10+,14-11+. The van der Waals surface area contributed by atoms with E-state index in [1.807, 2.05) is 19.9 Å². The predicted molar refractivity (Wildman–Crippen MR) is 134 cm³/mol. The molecule has 0 saturated heterocycles. The minimum atomic E-state index is -2.67. The molecule has 0 heterocycles. The van der Waals surface area contributed by atoms with Crippen molar-refractivity contribution >= 4 is 23.7 Å². The lowest BCUT2D eigenvalue weighted by Crippen LogP contribution is -2.40. The summed E-state index contributed by atoms with van der Waals surface area (Å²) in [6.45, 7) is 3.63. The smallest absolute Gasteiger partial charge is 0.234 e. The van der Waals surface area contributed by atoms with Crippen molar-refractivity contribution in [3.05, 3.63) is 70.8 Å². The number of rotatable bonds is 14. The van der Waals surface area contributed by atoms with Gasteiger partial charge in [-0.05, 0) is 72.4 Å². The fourth-order valence-corrected chi connectivity index (χ4v) is 3.39. The number of allylic oxidation sites excluding steroid dienone is 2. The summed E-state index contributed by atoms with van der Waals surface area (Å²) in [5.41, 5.74) is 0.173. The first-order valence-electron chi connectivity index (χ1n) is 11.4. The van der Waals surface area contributed by atoms with Crippen molar-refractivity contribution in [2.45, 2.75) is 45.4 Å². The van der Waals surface area contributed by atoms with Crippen LogP contribution < -0.4 is 9.47 Å². The van der Waals surface area contributed by atoms with Crippen LogP contribution in [0.1, 0.15) is 48.4 Å². The van der Waals surface area contributed by atoms with Crippen molar-refractivity contribution in [2.24, 2.45) is 0 Å². The van der Waals surface area contributed by atoms with Crippen LogP contribution in [0.15, 0.2) is 48.6 Å². The zero-order valence-corrected chi connectivity index (χ0v) is 20.7. The van der Waals surface area contributed by atoms with E-state index in [9.17, 15) is 14.7 Å². The van der Waals surface area contributed by atoms with Gasteiger partial charge in [0, 0.05) is 7.11 Å². The molecule has 0 radical (unpaired) electrons. The van der Waals surface area contributed by atoms with Crippen molar-refractivity contribution in [1.29, 1.82) is 0 Å². The number of methoxy groups -OCH3 is 2. The van der Waals surface area contributed by atoms with Crippen molar-refractivity contribution in [3.8, 4) is 11.5 Å². The average Bonchev–Trinajstić information content (AvgIpc) is 2.88. The largest absolute Gasteiger partial charge is 0.493 e. The van der Waals surface area contributed by atoms with Crippen LogP contribution >= 0.6 is 0 Å². The number of aryl methyl sites for hydroxylation is 1. The average molecular weight is 485 g/mol. The molecule has 0 bridgehead atoms. The number of halogens is 1. The highest BCUT2D eigenvalue weighted by Crippen LogP contribution is 2.29. The fourth-order valence-electron chi connectivity index (χ4n) is 3.39. The highest BCUT2D eigenvalue weighted by molar-refractivity contribution is 6.20. The van der Waals surface area contributed by atoms with Gasteiger partial charge >= 0.3 is 0 Å². The van der Waals surface area contributed by atoms with Gasteiger partial charge in [0.25, 0.3) is 0 Å². The van der Waals surface area contributed by atoms with Crippen LogP contribution in [0, 0.1) is 6.92 Å². The summed E-state index contributed by atoms with van der Waals surface area (Å²) in [7, 11) is 2.98. The molecule has 0 aliphatic carbocycles. The minimum Gasteiger partial charge on any atom is -0.493 e. The van der Waals surface area contributed by atoms with Gasteiger partial charge in [0.15, 0.2) is 18.3 Å². The van der Waals surface area contributed by atoms with Gasteiger partial charge in [-0.15, -0.1) is 0 Å². The first-order chi connectivity index (χ1) is 16.8. The molecule has 2 aromatic rings. The number of aliphatic hydroxyl groups excluding tert-OH is 1. The van der Waals surface area contributed by atoms with E-state index in [0.717, 1.165) is 17.7 Å². The molecule has 6 nitrogen and oxygen atoms in total. The van der Waals surface area contributed by atoms with Gasteiger partial charge in [-0.25, -0.2) is 4.39 Å². The molecule has 0 aliphatic rings. The van der Waals surface area contributed by atoms with E-state index in [0.29, 0.717) is 41.0 Å². The molecule has 0 aliphatic heterocycles. The van der Waals surface area contributed by atoms with E-state index in [-0.39, 0.29) is 19.8 Å². The molecule has 0 aromatic heterocycles. The van der Waals surface area contributed by atoms with Crippen molar-refractivity contribution in [3.63, 3.8) is 0 Å². The lowest BCUT2D eigenvalue weighted by molar-refractivity contribution is -0.137. The van der Waals surface area contributed by atoms with Crippen LogP contribution in [-0.4, -0.2) is 43.4 Å². The van der Waals surface area contributed by atoms with Crippen LogP contribution in [0.2, 0.25) is 0 Å². The highest BCUT2D eigenvalue weighted by Gasteiger charge is 2.42. The van der Waals surface area contributed by atoms with Crippen molar-refractivity contribution in [2.75, 3.05) is 21.0 Å². The van der Waals surface area contributed by atoms with E-state index >= 15 is 4.39 Å². The molecule has 7 heteroatoms. The Morgan fingerprint density at radius 1 is 1.00 bits per heavy atom. The summed E-state index contributed by atoms with van der Waals surface area (Å²) in [6.07, 6.45) is 5.89. The molecule has 0 amide bonds. The number of ether oxygens (including phenoxy) is 3. The van der Waals surface area contributed by atoms with Crippen LogP contribution in [0.4, 0.5) is 4.39 Å². The van der Waals surface area contributed by atoms with Crippen molar-refractivity contribution < 1.29 is 33.3 Å². The second kappa shape index (κ2) is 13.6. The number of alkyl halides is 1. The number of unbranched alkanes of at least 4 members (excludes halogenated alkanes) is 1. The monoisotopic (exact) mass is 484 g/mol. The fraction of sp³-hybridized carbons (Fsp3) is 0.357. The number of hydrogen-bond acceptors (Lipinski definition) is 6. The Labute approximate surface area is 206 Å². The summed E-state index contributed by atoms with van der Waals surface area (Å²) in [5, 5.41) is 9.44. The molecule has 35 heavy (non-hydrogen) atoms. The maximum absolute atomic E-state index is 15.8. The lowest BCUT2D eigenvalue weighted by Gasteiger charge is -2.19. The zero-order chi connectivity index (χ0) is 25.8. The third-order valence-electron chi connectivity index (χ3n) is 5.57. The second-order valence-corrected chi connectivity index (χ2v) is 8.11. The molecule has 1 unspecified atom stereocenters. The van der Waals surface area contributed by atoms with Crippen LogP contribution in [0.25, 0.3) is 12.2 Å². The van der Waals surface area contributed by atoms with Gasteiger partial charge in [0.05, 0.1) is 13.7 Å². The third-order valence-corrected chi connectivity index (χ3v) is 5.57. The van der Waals surface area contributed by atoms with E-state index in [1.54, 1.807) is 30.3 Å². The molecular weight excluding hydrogens is 451 g/mol. The van der Waals surface area contributed by atoms with Gasteiger partial charge in [0.1, 0.15) is 0 Å².